The van der Waals surface area contributed by atoms with Crippen LogP contribution in [0.4, 0.5) is 17.1 Å². The minimum absolute atomic E-state index is 0.0725. The fourth-order valence-electron chi connectivity index (χ4n) is 18.0. The van der Waals surface area contributed by atoms with E-state index in [0.29, 0.717) is 0 Å². The molecule has 0 spiro atoms. The van der Waals surface area contributed by atoms with Crippen molar-refractivity contribution in [2.75, 3.05) is 4.90 Å². The maximum atomic E-state index is 6.36. The molecule has 0 aliphatic heterocycles. The lowest BCUT2D eigenvalue weighted by Crippen LogP contribution is -2.14. The van der Waals surface area contributed by atoms with Gasteiger partial charge in [-0.25, -0.2) is 0 Å². The van der Waals surface area contributed by atoms with Crippen molar-refractivity contribution in [1.29, 1.82) is 0 Å². The van der Waals surface area contributed by atoms with Crippen LogP contribution in [0, 0.1) is 0 Å². The molecule has 6 nitrogen and oxygen atoms in total. The van der Waals surface area contributed by atoms with Crippen LogP contribution in [0.25, 0.3) is 183 Å². The fraction of sp³-hybridized carbons (Fsp3) is 0.0588. The highest BCUT2D eigenvalue weighted by molar-refractivity contribution is 7.00. The van der Waals surface area contributed by atoms with Crippen LogP contribution in [0.1, 0.15) is 49.9 Å². The molecule has 0 fully saturated rings. The van der Waals surface area contributed by atoms with Crippen LogP contribution in [-0.4, -0.2) is 13.3 Å². The lowest BCUT2D eigenvalue weighted by atomic mass is 9.81. The van der Waals surface area contributed by atoms with E-state index < -0.39 is 0 Å². The zero-order chi connectivity index (χ0) is 72.4. The zero-order valence-electron chi connectivity index (χ0n) is 60.3. The van der Waals surface area contributed by atoms with Crippen LogP contribution >= 0.6 is 11.7 Å². The van der Waals surface area contributed by atoms with Crippen molar-refractivity contribution in [3.63, 3.8) is 0 Å². The molecule has 109 heavy (non-hydrogen) atoms. The first kappa shape index (κ1) is 62.9. The summed E-state index contributed by atoms with van der Waals surface area (Å²) in [5.74, 6) is 0. The molecule has 20 aromatic rings. The molecule has 0 radical (unpaired) electrons. The Hall–Kier alpha value is -13.5. The minimum Gasteiger partial charge on any atom is -0.456 e. The van der Waals surface area contributed by atoms with E-state index in [9.17, 15) is 0 Å². The number of fused-ring (bicyclic) bond motifs is 16. The van der Waals surface area contributed by atoms with Crippen molar-refractivity contribution in [3.05, 3.63) is 362 Å². The van der Waals surface area contributed by atoms with Crippen molar-refractivity contribution in [1.82, 2.24) is 13.3 Å². The molecule has 7 heteroatoms. The number of hydrogen-bond acceptors (Lipinski definition) is 6. The largest absolute Gasteiger partial charge is 0.456 e. The molecule has 0 saturated heterocycles. The van der Waals surface area contributed by atoms with Gasteiger partial charge in [-0.15, -0.1) is 0 Å². The minimum atomic E-state index is -0.0725. The number of benzene rings is 16. The van der Waals surface area contributed by atoms with Crippen LogP contribution in [0.2, 0.25) is 0 Å². The molecule has 514 valence electrons. The molecule has 0 N–H and O–H groups in total. The van der Waals surface area contributed by atoms with E-state index in [0.717, 1.165) is 122 Å². The Morgan fingerprint density at radius 2 is 0.615 bits per heavy atom. The molecule has 0 saturated carbocycles. The Labute approximate surface area is 634 Å². The molecule has 4 aromatic heterocycles. The average molecular weight is 1410 g/mol. The summed E-state index contributed by atoms with van der Waals surface area (Å²) in [5, 5.41) is 6.83. The fourth-order valence-corrected chi connectivity index (χ4v) is 18.6. The Morgan fingerprint density at radius 3 is 1.09 bits per heavy atom. The highest BCUT2D eigenvalue weighted by Gasteiger charge is 2.37. The summed E-state index contributed by atoms with van der Waals surface area (Å²) in [6.07, 6.45) is 0. The number of rotatable bonds is 11. The monoisotopic (exact) mass is 1410 g/mol. The van der Waals surface area contributed by atoms with Crippen LogP contribution in [0.15, 0.2) is 349 Å². The molecule has 2 aliphatic carbocycles. The van der Waals surface area contributed by atoms with E-state index in [1.54, 1.807) is 0 Å². The molecule has 0 amide bonds. The van der Waals surface area contributed by atoms with E-state index >= 15 is 0 Å². The quantitative estimate of drug-likeness (QED) is 0.129. The van der Waals surface area contributed by atoms with Gasteiger partial charge >= 0.3 is 0 Å². The second-order valence-electron chi connectivity index (χ2n) is 30.5. The number of hydrogen-bond donors (Lipinski definition) is 0. The third-order valence-electron chi connectivity index (χ3n) is 23.8. The lowest BCUT2D eigenvalue weighted by Gasteiger charge is -2.26. The number of anilines is 3. The molecule has 0 atom stereocenters. The van der Waals surface area contributed by atoms with E-state index in [-0.39, 0.29) is 10.8 Å². The molecule has 0 bridgehead atoms. The Morgan fingerprint density at radius 1 is 0.266 bits per heavy atom. The summed E-state index contributed by atoms with van der Waals surface area (Å²) in [6.45, 7) is 9.42. The van der Waals surface area contributed by atoms with Gasteiger partial charge in [0.2, 0.25) is 0 Å². The van der Waals surface area contributed by atoms with Gasteiger partial charge in [0.25, 0.3) is 0 Å². The van der Waals surface area contributed by atoms with E-state index in [4.69, 9.17) is 17.6 Å². The Kier molecular flexibility index (Phi) is 13.9. The summed E-state index contributed by atoms with van der Waals surface area (Å²) < 4.78 is 25.4. The molecule has 16 aromatic carbocycles. The van der Waals surface area contributed by atoms with Gasteiger partial charge in [-0.05, 0) is 238 Å². The smallest absolute Gasteiger partial charge is 0.136 e. The number of aromatic nitrogens is 3. The van der Waals surface area contributed by atoms with Crippen molar-refractivity contribution in [3.8, 4) is 106 Å². The van der Waals surface area contributed by atoms with Crippen molar-refractivity contribution >= 4 is 106 Å². The predicted molar refractivity (Wildman–Crippen MR) is 454 cm³/mol. The van der Waals surface area contributed by atoms with Crippen molar-refractivity contribution < 1.29 is 8.83 Å². The summed E-state index contributed by atoms with van der Waals surface area (Å²) in [7, 11) is 0. The first-order valence-corrected chi connectivity index (χ1v) is 38.2. The number of nitrogens with zero attached hydrogens (tertiary/aromatic N) is 4. The van der Waals surface area contributed by atoms with Gasteiger partial charge in [-0.3, -0.25) is 0 Å². The zero-order valence-corrected chi connectivity index (χ0v) is 61.2. The van der Waals surface area contributed by atoms with Gasteiger partial charge in [-0.1, -0.05) is 246 Å². The Bertz CT molecular complexity index is 6770. The van der Waals surface area contributed by atoms with Crippen LogP contribution < -0.4 is 4.90 Å². The average Bonchev–Trinajstić information content (AvgIpc) is 1.61. The second kappa shape index (κ2) is 24.0. The molecule has 4 heterocycles. The van der Waals surface area contributed by atoms with Crippen LogP contribution in [0.5, 0.6) is 0 Å². The second-order valence-corrected chi connectivity index (χ2v) is 31.0. The Balaban J connectivity index is 0.617. The van der Waals surface area contributed by atoms with Crippen LogP contribution in [0.3, 0.4) is 0 Å². The number of furan rings is 2. The highest BCUT2D eigenvalue weighted by atomic mass is 32.1. The molecule has 0 unspecified atom stereocenters. The van der Waals surface area contributed by atoms with E-state index in [1.807, 2.05) is 24.3 Å². The first-order valence-electron chi connectivity index (χ1n) is 37.5. The van der Waals surface area contributed by atoms with Gasteiger partial charge < -0.3 is 18.3 Å². The van der Waals surface area contributed by atoms with Gasteiger partial charge in [0, 0.05) is 65.8 Å². The first-order chi connectivity index (χ1) is 53.5. The van der Waals surface area contributed by atoms with Gasteiger partial charge in [-0.2, -0.15) is 8.75 Å². The highest BCUT2D eigenvalue weighted by Crippen LogP contribution is 2.53. The van der Waals surface area contributed by atoms with Gasteiger partial charge in [0.1, 0.15) is 33.4 Å². The molecular formula is C102H68N4O2S. The summed E-state index contributed by atoms with van der Waals surface area (Å²) in [4.78, 5) is 2.31. The van der Waals surface area contributed by atoms with E-state index in [1.165, 1.54) is 112 Å². The van der Waals surface area contributed by atoms with Crippen LogP contribution in [-0.2, 0) is 10.8 Å². The van der Waals surface area contributed by atoms with Gasteiger partial charge in [0.05, 0.1) is 28.4 Å². The molecular weight excluding hydrogens is 1350 g/mol. The molecule has 2 aliphatic rings. The molecule has 22 rings (SSSR count). The SMILES string of the molecule is CC1(C)c2ccccc2-c2ccc(-c3ccc(-c4ccc5c(c4)c4cc(-c6ccc(-c7ccc8c(c7)C(C)(C)c7ccccc7-8)cc6)ccc4n5-c4ccc(-c5ccc(N(c6ccc(-c7ccc8c(c7)oc7ccccc78)cc6)c6ccc(-c7ccc8c(c7)oc7ccccc78)cc6)c6nsnc56)cc4)cc3)cc21. The third kappa shape index (κ3) is 9.93. The predicted octanol–water partition coefficient (Wildman–Crippen LogP) is 28.3. The summed E-state index contributed by atoms with van der Waals surface area (Å²) in [5.41, 5.74) is 38.1. The standard InChI is InChI=1S/C102H68N4O2S/c1-101(2)88-17-9-5-13-78(88)80-47-35-70(57-90(80)101)63-25-21-61(22-26-63)68-39-52-92-86(55-68)87-56-69(62-23-27-64(28-24-62)71-36-48-81-79-14-6-10-18-89(79)102(3,4)91(81)58-71)40-53-93(87)106(92)76-45-33-67(34-46-76)77-51-54-94(100-99(77)103-109-104-100)105(74-41-29-65(30-42-74)72-37-49-84-82-15-7-11-19-95(82)107-97(84)59-72)75-43-31-66(32-44-75)73-38-50-85-83-16-8-12-20-96(83)108-98(85)60-73/h5-60H,1-4H3. The normalized spacial score (nSPS) is 13.3. The third-order valence-corrected chi connectivity index (χ3v) is 24.3. The topological polar surface area (TPSA) is 60.2 Å². The van der Waals surface area contributed by atoms with E-state index in [2.05, 4.69) is 353 Å². The van der Waals surface area contributed by atoms with Gasteiger partial charge in [0.15, 0.2) is 0 Å². The van der Waals surface area contributed by atoms with Crippen molar-refractivity contribution in [2.24, 2.45) is 0 Å². The van der Waals surface area contributed by atoms with Crippen molar-refractivity contribution in [2.45, 2.75) is 38.5 Å². The maximum absolute atomic E-state index is 6.36. The summed E-state index contributed by atoms with van der Waals surface area (Å²) in [6, 6.07) is 125. The lowest BCUT2D eigenvalue weighted by molar-refractivity contribution is 0.660. The summed E-state index contributed by atoms with van der Waals surface area (Å²) >= 11 is 1.24. The maximum Gasteiger partial charge on any atom is 0.136 e. The number of para-hydroxylation sites is 2.